The van der Waals surface area contributed by atoms with E-state index in [0.29, 0.717) is 19.6 Å². The molecule has 1 fully saturated rings. The summed E-state index contributed by atoms with van der Waals surface area (Å²) in [6.07, 6.45) is -4.60. The molecule has 1 aromatic carbocycles. The number of carbonyl (C=O) groups is 2. The Balaban J connectivity index is 2.39. The Hall–Kier alpha value is -2.09. The number of nitrogens with zero attached hydrogens (tertiary/aromatic N) is 1. The van der Waals surface area contributed by atoms with E-state index in [1.54, 1.807) is 0 Å². The molecular weight excluding hydrogens is 311 g/mol. The van der Waals surface area contributed by atoms with E-state index in [1.807, 2.05) is 6.92 Å². The third-order valence-electron chi connectivity index (χ3n) is 3.59. The molecule has 1 saturated heterocycles. The molecule has 0 aliphatic carbocycles. The third-order valence-corrected chi connectivity index (χ3v) is 3.59. The van der Waals surface area contributed by atoms with E-state index >= 15 is 0 Å². The summed E-state index contributed by atoms with van der Waals surface area (Å²) in [6, 6.07) is 2.80. The molecule has 1 heterocycles. The lowest BCUT2D eigenvalue weighted by Gasteiger charge is -2.34. The van der Waals surface area contributed by atoms with Crippen LogP contribution in [0.4, 0.5) is 18.9 Å². The van der Waals surface area contributed by atoms with Crippen LogP contribution in [0, 0.1) is 0 Å². The summed E-state index contributed by atoms with van der Waals surface area (Å²) in [7, 11) is 0. The number of hydrogen-bond donors (Lipinski definition) is 2. The maximum Gasteiger partial charge on any atom is 0.416 e. The van der Waals surface area contributed by atoms with Crippen molar-refractivity contribution in [2.75, 3.05) is 25.0 Å². The van der Waals surface area contributed by atoms with Crippen molar-refractivity contribution in [3.05, 3.63) is 29.3 Å². The number of piperazine rings is 1. The van der Waals surface area contributed by atoms with E-state index in [4.69, 9.17) is 0 Å². The number of amides is 2. The number of alkyl halides is 3. The van der Waals surface area contributed by atoms with E-state index < -0.39 is 23.6 Å². The average molecular weight is 329 g/mol. The van der Waals surface area contributed by atoms with Gasteiger partial charge >= 0.3 is 6.18 Å². The van der Waals surface area contributed by atoms with Crippen LogP contribution >= 0.6 is 0 Å². The van der Waals surface area contributed by atoms with Crippen LogP contribution in [0.2, 0.25) is 0 Å². The van der Waals surface area contributed by atoms with Crippen molar-refractivity contribution in [1.82, 2.24) is 10.2 Å². The van der Waals surface area contributed by atoms with Crippen LogP contribution in [0.1, 0.15) is 29.8 Å². The highest BCUT2D eigenvalue weighted by molar-refractivity contribution is 5.97. The Morgan fingerprint density at radius 2 is 2.00 bits per heavy atom. The van der Waals surface area contributed by atoms with Gasteiger partial charge in [0.1, 0.15) is 0 Å². The van der Waals surface area contributed by atoms with E-state index in [-0.39, 0.29) is 17.3 Å². The molecule has 126 valence electrons. The van der Waals surface area contributed by atoms with Gasteiger partial charge in [-0.25, -0.2) is 0 Å². The molecule has 2 N–H and O–H groups in total. The minimum atomic E-state index is -4.60. The van der Waals surface area contributed by atoms with Gasteiger partial charge in [0, 0.05) is 43.9 Å². The number of carbonyl (C=O) groups excluding carboxylic acids is 2. The Morgan fingerprint density at radius 3 is 2.57 bits per heavy atom. The first-order chi connectivity index (χ1) is 10.7. The van der Waals surface area contributed by atoms with Crippen molar-refractivity contribution in [3.63, 3.8) is 0 Å². The lowest BCUT2D eigenvalue weighted by Crippen LogP contribution is -2.52. The van der Waals surface area contributed by atoms with Crippen molar-refractivity contribution in [2.45, 2.75) is 26.1 Å². The Kier molecular flexibility index (Phi) is 4.93. The number of rotatable bonds is 2. The quantitative estimate of drug-likeness (QED) is 0.873. The Bertz CT molecular complexity index is 616. The third kappa shape index (κ3) is 4.22. The highest BCUT2D eigenvalue weighted by Crippen LogP contribution is 2.32. The molecule has 2 amide bonds. The molecule has 1 aromatic rings. The lowest BCUT2D eigenvalue weighted by molar-refractivity contribution is -0.137. The first-order valence-corrected chi connectivity index (χ1v) is 7.20. The van der Waals surface area contributed by atoms with E-state index in [0.717, 1.165) is 12.1 Å². The summed E-state index contributed by atoms with van der Waals surface area (Å²) < 4.78 is 39.1. The number of nitrogens with one attached hydrogen (secondary N) is 2. The largest absolute Gasteiger partial charge is 0.416 e. The molecule has 0 aromatic heterocycles. The topological polar surface area (TPSA) is 61.4 Å². The summed E-state index contributed by atoms with van der Waals surface area (Å²) in [4.78, 5) is 25.2. The maximum absolute atomic E-state index is 13.0. The molecule has 1 aliphatic heterocycles. The fourth-order valence-electron chi connectivity index (χ4n) is 2.50. The maximum atomic E-state index is 13.0. The minimum absolute atomic E-state index is 0.0431. The van der Waals surface area contributed by atoms with Crippen LogP contribution in [0.15, 0.2) is 18.2 Å². The highest BCUT2D eigenvalue weighted by Gasteiger charge is 2.33. The second-order valence-electron chi connectivity index (χ2n) is 5.53. The van der Waals surface area contributed by atoms with Crippen LogP contribution in [0.25, 0.3) is 0 Å². The number of halogens is 3. The van der Waals surface area contributed by atoms with Gasteiger partial charge in [-0.05, 0) is 25.1 Å². The highest BCUT2D eigenvalue weighted by atomic mass is 19.4. The van der Waals surface area contributed by atoms with Crippen molar-refractivity contribution < 1.29 is 22.8 Å². The monoisotopic (exact) mass is 329 g/mol. The van der Waals surface area contributed by atoms with Gasteiger partial charge in [0.25, 0.3) is 5.91 Å². The number of hydrogen-bond acceptors (Lipinski definition) is 3. The molecule has 0 spiro atoms. The van der Waals surface area contributed by atoms with E-state index in [1.165, 1.54) is 17.9 Å². The molecule has 8 heteroatoms. The normalized spacial score (nSPS) is 18.7. The van der Waals surface area contributed by atoms with Crippen molar-refractivity contribution >= 4 is 17.5 Å². The summed E-state index contributed by atoms with van der Waals surface area (Å²) >= 11 is 0. The molecule has 1 atom stereocenters. The Labute approximate surface area is 131 Å². The van der Waals surface area contributed by atoms with Crippen LogP contribution in [-0.4, -0.2) is 42.4 Å². The van der Waals surface area contributed by atoms with Gasteiger partial charge in [0.2, 0.25) is 5.91 Å². The summed E-state index contributed by atoms with van der Waals surface area (Å²) in [5, 5.41) is 5.42. The summed E-state index contributed by atoms with van der Waals surface area (Å²) in [6.45, 7) is 4.62. The van der Waals surface area contributed by atoms with Gasteiger partial charge in [-0.3, -0.25) is 9.59 Å². The van der Waals surface area contributed by atoms with Gasteiger partial charge in [-0.1, -0.05) is 0 Å². The standard InChI is InChI=1S/C15H18F3N3O2/c1-9-8-19-3-4-21(9)14(23)11-5-12(15(16,17)18)7-13(6-11)20-10(2)22/h5-7,9,19H,3-4,8H2,1-2H3,(H,20,22)/t9-/m0/s1. The smallest absolute Gasteiger partial charge is 0.333 e. The van der Waals surface area contributed by atoms with Gasteiger partial charge in [-0.15, -0.1) is 0 Å². The number of benzene rings is 1. The first-order valence-electron chi connectivity index (χ1n) is 7.20. The summed E-state index contributed by atoms with van der Waals surface area (Å²) in [5.41, 5.74) is -1.09. The molecular formula is C15H18F3N3O2. The van der Waals surface area contributed by atoms with Gasteiger partial charge < -0.3 is 15.5 Å². The van der Waals surface area contributed by atoms with Crippen LogP contribution in [-0.2, 0) is 11.0 Å². The second kappa shape index (κ2) is 6.57. The lowest BCUT2D eigenvalue weighted by atomic mass is 10.1. The second-order valence-corrected chi connectivity index (χ2v) is 5.53. The zero-order valence-electron chi connectivity index (χ0n) is 12.8. The van der Waals surface area contributed by atoms with E-state index in [2.05, 4.69) is 10.6 Å². The molecule has 0 radical (unpaired) electrons. The Morgan fingerprint density at radius 1 is 1.30 bits per heavy atom. The van der Waals surface area contributed by atoms with Gasteiger partial charge in [-0.2, -0.15) is 13.2 Å². The van der Waals surface area contributed by atoms with Crippen LogP contribution in [0.3, 0.4) is 0 Å². The van der Waals surface area contributed by atoms with Crippen molar-refractivity contribution in [3.8, 4) is 0 Å². The zero-order valence-corrected chi connectivity index (χ0v) is 12.8. The molecule has 2 rings (SSSR count). The SMILES string of the molecule is CC(=O)Nc1cc(C(=O)N2CCNC[C@@H]2C)cc(C(F)(F)F)c1. The van der Waals surface area contributed by atoms with E-state index in [9.17, 15) is 22.8 Å². The van der Waals surface area contributed by atoms with Crippen LogP contribution < -0.4 is 10.6 Å². The average Bonchev–Trinajstić information content (AvgIpc) is 2.45. The molecule has 23 heavy (non-hydrogen) atoms. The van der Waals surface area contributed by atoms with Crippen LogP contribution in [0.5, 0.6) is 0 Å². The van der Waals surface area contributed by atoms with Crippen molar-refractivity contribution in [2.24, 2.45) is 0 Å². The molecule has 1 aliphatic rings. The van der Waals surface area contributed by atoms with Gasteiger partial charge in [0.05, 0.1) is 5.56 Å². The first kappa shape index (κ1) is 17.3. The van der Waals surface area contributed by atoms with Crippen molar-refractivity contribution in [1.29, 1.82) is 0 Å². The molecule has 5 nitrogen and oxygen atoms in total. The fraction of sp³-hybridized carbons (Fsp3) is 0.467. The molecule has 0 bridgehead atoms. The predicted molar refractivity (Wildman–Crippen MR) is 79.1 cm³/mol. The fourth-order valence-corrected chi connectivity index (χ4v) is 2.50. The van der Waals surface area contributed by atoms with Gasteiger partial charge in [0.15, 0.2) is 0 Å². The molecule has 0 saturated carbocycles. The molecule has 0 unspecified atom stereocenters. The predicted octanol–water partition coefficient (Wildman–Crippen LogP) is 2.10. The number of anilines is 1. The zero-order chi connectivity index (χ0) is 17.2. The summed E-state index contributed by atoms with van der Waals surface area (Å²) in [5.74, 6) is -0.977. The minimum Gasteiger partial charge on any atom is -0.333 e.